The molecule has 1 atom stereocenters. The highest BCUT2D eigenvalue weighted by Gasteiger charge is 2.27. The lowest BCUT2D eigenvalue weighted by atomic mass is 10.3. The molecule has 1 saturated heterocycles. The SMILES string of the molecule is O=C(O)CCCNC(=O)N1CCC(Oc2cccc(Cl)c2)C1. The molecule has 1 fully saturated rings. The molecule has 0 saturated carbocycles. The number of hydrogen-bond acceptors (Lipinski definition) is 3. The van der Waals surface area contributed by atoms with Crippen LogP contribution < -0.4 is 10.1 Å². The highest BCUT2D eigenvalue weighted by Crippen LogP contribution is 2.21. The zero-order valence-corrected chi connectivity index (χ0v) is 12.9. The van der Waals surface area contributed by atoms with Crippen LogP contribution in [0.4, 0.5) is 4.79 Å². The first kappa shape index (κ1) is 16.4. The third-order valence-corrected chi connectivity index (χ3v) is 3.61. The summed E-state index contributed by atoms with van der Waals surface area (Å²) < 4.78 is 5.81. The summed E-state index contributed by atoms with van der Waals surface area (Å²) in [5, 5.41) is 11.9. The average molecular weight is 327 g/mol. The first-order valence-electron chi connectivity index (χ1n) is 7.21. The molecule has 1 heterocycles. The van der Waals surface area contributed by atoms with Crippen molar-refractivity contribution < 1.29 is 19.4 Å². The molecular formula is C15H19ClN2O4. The number of urea groups is 1. The van der Waals surface area contributed by atoms with Crippen LogP contribution in [0.1, 0.15) is 19.3 Å². The van der Waals surface area contributed by atoms with E-state index in [9.17, 15) is 9.59 Å². The number of rotatable bonds is 6. The molecule has 6 nitrogen and oxygen atoms in total. The Morgan fingerprint density at radius 2 is 2.27 bits per heavy atom. The minimum atomic E-state index is -0.856. The van der Waals surface area contributed by atoms with E-state index >= 15 is 0 Å². The third kappa shape index (κ3) is 5.11. The maximum Gasteiger partial charge on any atom is 0.317 e. The van der Waals surface area contributed by atoms with Gasteiger partial charge < -0.3 is 20.1 Å². The normalized spacial score (nSPS) is 17.3. The van der Waals surface area contributed by atoms with E-state index in [0.29, 0.717) is 36.8 Å². The number of nitrogens with one attached hydrogen (secondary N) is 1. The van der Waals surface area contributed by atoms with Crippen LogP contribution in [-0.2, 0) is 4.79 Å². The highest BCUT2D eigenvalue weighted by atomic mass is 35.5. The molecule has 1 aliphatic rings. The Hall–Kier alpha value is -1.95. The van der Waals surface area contributed by atoms with Crippen LogP contribution in [0.15, 0.2) is 24.3 Å². The number of halogens is 1. The van der Waals surface area contributed by atoms with Crippen LogP contribution in [0.25, 0.3) is 0 Å². The first-order valence-corrected chi connectivity index (χ1v) is 7.59. The lowest BCUT2D eigenvalue weighted by Gasteiger charge is -2.18. The van der Waals surface area contributed by atoms with Crippen LogP contribution >= 0.6 is 11.6 Å². The van der Waals surface area contributed by atoms with Crippen molar-refractivity contribution in [2.45, 2.75) is 25.4 Å². The van der Waals surface area contributed by atoms with Gasteiger partial charge >= 0.3 is 12.0 Å². The van der Waals surface area contributed by atoms with E-state index in [2.05, 4.69) is 5.32 Å². The maximum absolute atomic E-state index is 11.9. The number of carboxylic acids is 1. The van der Waals surface area contributed by atoms with E-state index in [-0.39, 0.29) is 18.6 Å². The average Bonchev–Trinajstić information content (AvgIpc) is 2.92. The van der Waals surface area contributed by atoms with Crippen molar-refractivity contribution in [1.82, 2.24) is 10.2 Å². The third-order valence-electron chi connectivity index (χ3n) is 3.37. The number of carboxylic acid groups (broad SMARTS) is 1. The molecule has 0 bridgehead atoms. The Kier molecular flexibility index (Phi) is 5.89. The Labute approximate surface area is 134 Å². The number of carbonyl (C=O) groups excluding carboxylic acids is 1. The lowest BCUT2D eigenvalue weighted by Crippen LogP contribution is -2.39. The monoisotopic (exact) mass is 326 g/mol. The van der Waals surface area contributed by atoms with E-state index < -0.39 is 5.97 Å². The molecule has 1 aromatic carbocycles. The fraction of sp³-hybridized carbons (Fsp3) is 0.467. The van der Waals surface area contributed by atoms with Gasteiger partial charge in [-0.3, -0.25) is 4.79 Å². The zero-order valence-electron chi connectivity index (χ0n) is 12.1. The van der Waals surface area contributed by atoms with Crippen molar-refractivity contribution in [3.05, 3.63) is 29.3 Å². The molecule has 0 spiro atoms. The molecule has 1 aliphatic heterocycles. The Morgan fingerprint density at radius 1 is 1.45 bits per heavy atom. The first-order chi connectivity index (χ1) is 10.5. The number of likely N-dealkylation sites (tertiary alicyclic amines) is 1. The second kappa shape index (κ2) is 7.89. The van der Waals surface area contributed by atoms with Gasteiger partial charge in [0.15, 0.2) is 0 Å². The largest absolute Gasteiger partial charge is 0.488 e. The predicted molar refractivity (Wildman–Crippen MR) is 82.3 cm³/mol. The molecule has 2 amide bonds. The molecule has 2 rings (SSSR count). The molecular weight excluding hydrogens is 308 g/mol. The minimum absolute atomic E-state index is 0.0526. The van der Waals surface area contributed by atoms with Gasteiger partial charge in [0.1, 0.15) is 11.9 Å². The van der Waals surface area contributed by atoms with Crippen LogP contribution in [0.5, 0.6) is 5.75 Å². The van der Waals surface area contributed by atoms with Gasteiger partial charge in [-0.1, -0.05) is 17.7 Å². The molecule has 0 radical (unpaired) electrons. The molecule has 22 heavy (non-hydrogen) atoms. The quantitative estimate of drug-likeness (QED) is 0.787. The summed E-state index contributed by atoms with van der Waals surface area (Å²) in [6.07, 6.45) is 1.19. The van der Waals surface area contributed by atoms with E-state index in [1.807, 2.05) is 12.1 Å². The number of ether oxygens (including phenoxy) is 1. The van der Waals surface area contributed by atoms with Crippen LogP contribution in [-0.4, -0.2) is 47.7 Å². The van der Waals surface area contributed by atoms with Gasteiger partial charge in [0.25, 0.3) is 0 Å². The number of aliphatic carboxylic acids is 1. The zero-order chi connectivity index (χ0) is 15.9. The molecule has 7 heteroatoms. The maximum atomic E-state index is 11.9. The van der Waals surface area contributed by atoms with E-state index in [4.69, 9.17) is 21.4 Å². The summed E-state index contributed by atoms with van der Waals surface area (Å²) in [6.45, 7) is 1.49. The second-order valence-electron chi connectivity index (χ2n) is 5.16. The summed E-state index contributed by atoms with van der Waals surface area (Å²) in [4.78, 5) is 24.0. The van der Waals surface area contributed by atoms with E-state index in [1.54, 1.807) is 17.0 Å². The summed E-state index contributed by atoms with van der Waals surface area (Å²) in [7, 11) is 0. The molecule has 0 aromatic heterocycles. The Balaban J connectivity index is 1.72. The second-order valence-corrected chi connectivity index (χ2v) is 5.60. The number of carbonyl (C=O) groups is 2. The van der Waals surface area contributed by atoms with Gasteiger partial charge in [-0.25, -0.2) is 4.79 Å². The van der Waals surface area contributed by atoms with Crippen molar-refractivity contribution in [2.24, 2.45) is 0 Å². The van der Waals surface area contributed by atoms with Gasteiger partial charge in [0.05, 0.1) is 6.54 Å². The topological polar surface area (TPSA) is 78.9 Å². The van der Waals surface area contributed by atoms with Crippen LogP contribution in [0.2, 0.25) is 5.02 Å². The smallest absolute Gasteiger partial charge is 0.317 e. The molecule has 2 N–H and O–H groups in total. The number of benzene rings is 1. The van der Waals surface area contributed by atoms with E-state index in [0.717, 1.165) is 6.42 Å². The fourth-order valence-electron chi connectivity index (χ4n) is 2.29. The molecule has 120 valence electrons. The summed E-state index contributed by atoms with van der Waals surface area (Å²) >= 11 is 5.91. The van der Waals surface area contributed by atoms with Gasteiger partial charge in [0, 0.05) is 31.0 Å². The molecule has 0 aliphatic carbocycles. The van der Waals surface area contributed by atoms with Gasteiger partial charge in [-0.05, 0) is 24.6 Å². The van der Waals surface area contributed by atoms with Crippen molar-refractivity contribution in [1.29, 1.82) is 0 Å². The Bertz CT molecular complexity index is 538. The fourth-order valence-corrected chi connectivity index (χ4v) is 2.47. The van der Waals surface area contributed by atoms with Gasteiger partial charge in [-0.2, -0.15) is 0 Å². The number of nitrogens with zero attached hydrogens (tertiary/aromatic N) is 1. The van der Waals surface area contributed by atoms with Crippen LogP contribution in [0.3, 0.4) is 0 Å². The van der Waals surface area contributed by atoms with Crippen molar-refractivity contribution in [3.63, 3.8) is 0 Å². The molecule has 1 aromatic rings. The van der Waals surface area contributed by atoms with Gasteiger partial charge in [0.2, 0.25) is 0 Å². The number of amides is 2. The summed E-state index contributed by atoms with van der Waals surface area (Å²) in [5.41, 5.74) is 0. The predicted octanol–water partition coefficient (Wildman–Crippen LogP) is 2.37. The Morgan fingerprint density at radius 3 is 3.00 bits per heavy atom. The van der Waals surface area contributed by atoms with Crippen molar-refractivity contribution >= 4 is 23.6 Å². The minimum Gasteiger partial charge on any atom is -0.488 e. The van der Waals surface area contributed by atoms with Crippen molar-refractivity contribution in [3.8, 4) is 5.75 Å². The standard InChI is InChI=1S/C15H19ClN2O4/c16-11-3-1-4-12(9-11)22-13-6-8-18(10-13)15(21)17-7-2-5-14(19)20/h1,3-4,9,13H,2,5-8,10H2,(H,17,21)(H,19,20). The molecule has 1 unspecified atom stereocenters. The van der Waals surface area contributed by atoms with Crippen LogP contribution in [0, 0.1) is 0 Å². The van der Waals surface area contributed by atoms with Crippen molar-refractivity contribution in [2.75, 3.05) is 19.6 Å². The van der Waals surface area contributed by atoms with Gasteiger partial charge in [-0.15, -0.1) is 0 Å². The summed E-state index contributed by atoms with van der Waals surface area (Å²) in [6, 6.07) is 7.00. The lowest BCUT2D eigenvalue weighted by molar-refractivity contribution is -0.137. The van der Waals surface area contributed by atoms with E-state index in [1.165, 1.54) is 0 Å². The highest BCUT2D eigenvalue weighted by molar-refractivity contribution is 6.30. The summed E-state index contributed by atoms with van der Waals surface area (Å²) in [5.74, 6) is -0.161. The number of hydrogen-bond donors (Lipinski definition) is 2.